The maximum atomic E-state index is 13.2. The van der Waals surface area contributed by atoms with Crippen LogP contribution in [0.2, 0.25) is 0 Å². The Labute approximate surface area is 246 Å². The number of thioether (sulfide) groups is 1. The van der Waals surface area contributed by atoms with Crippen LogP contribution in [0, 0.1) is 17.8 Å². The number of hydrogen-bond acceptors (Lipinski definition) is 8. The zero-order valence-electron chi connectivity index (χ0n) is 21.5. The molecule has 5 rings (SSSR count). The second-order valence-electron chi connectivity index (χ2n) is 10.0. The van der Waals surface area contributed by atoms with Gasteiger partial charge in [-0.1, -0.05) is 36.0 Å². The van der Waals surface area contributed by atoms with Gasteiger partial charge in [0.15, 0.2) is 5.17 Å². The van der Waals surface area contributed by atoms with Crippen LogP contribution in [-0.2, 0) is 44.6 Å². The molecule has 2 aliphatic carbocycles. The van der Waals surface area contributed by atoms with E-state index in [2.05, 4.69) is 9.98 Å². The van der Waals surface area contributed by atoms with Crippen LogP contribution in [0.15, 0.2) is 58.5 Å². The van der Waals surface area contributed by atoms with E-state index in [9.17, 15) is 35.9 Å². The van der Waals surface area contributed by atoms with Crippen molar-refractivity contribution in [2.24, 2.45) is 33.5 Å². The molecule has 2 aromatic carbocycles. The number of carbonyl (C=O) groups is 2. The number of esters is 2. The number of rotatable bonds is 7. The highest BCUT2D eigenvalue weighted by molar-refractivity contribution is 8.14. The predicted octanol–water partition coefficient (Wildman–Crippen LogP) is 5.44. The fourth-order valence-electron chi connectivity index (χ4n) is 5.40. The lowest BCUT2D eigenvalue weighted by molar-refractivity contribution is -0.153. The summed E-state index contributed by atoms with van der Waals surface area (Å²) in [7, 11) is 0. The molecular formula is C27H24ClF6N3O4S. The number of alkyl halides is 6. The minimum Gasteiger partial charge on any atom is -0.461 e. The zero-order valence-corrected chi connectivity index (χ0v) is 23.2. The highest BCUT2D eigenvalue weighted by Gasteiger charge is 2.74. The molecule has 2 fully saturated rings. The maximum absolute atomic E-state index is 13.2. The molecule has 15 heteroatoms. The van der Waals surface area contributed by atoms with E-state index in [4.69, 9.17) is 15.2 Å². The number of halogens is 7. The van der Waals surface area contributed by atoms with Crippen molar-refractivity contribution >= 4 is 47.5 Å². The molecule has 0 bridgehead atoms. The Kier molecular flexibility index (Phi) is 9.00. The van der Waals surface area contributed by atoms with Crippen LogP contribution in [0.25, 0.3) is 0 Å². The van der Waals surface area contributed by atoms with Crippen LogP contribution in [0.1, 0.15) is 28.7 Å². The standard InChI is InChI=1S/C27H23F6N3O4S.ClH/c28-26(29,30)16-5-1-3-14(9-16)12-39-22(37)20-19-18(41-24-35-7-8-36-24)11-25(34,21(19)20)23(38)40-13-15-4-2-6-17(10-15)27(31,32)33;/h1-7,9-10,18-21H,8,11-13,34H2;1H/t18-,19-,20-,21-,25-;/m0./s1. The molecule has 7 nitrogen and oxygen atoms in total. The van der Waals surface area contributed by atoms with Gasteiger partial charge in [-0.05, 0) is 47.7 Å². The smallest absolute Gasteiger partial charge is 0.416 e. The first-order valence-electron chi connectivity index (χ1n) is 12.5. The molecule has 2 saturated carbocycles. The summed E-state index contributed by atoms with van der Waals surface area (Å²) < 4.78 is 89.0. The van der Waals surface area contributed by atoms with Crippen LogP contribution in [-0.4, -0.2) is 40.7 Å². The van der Waals surface area contributed by atoms with Crippen molar-refractivity contribution in [1.29, 1.82) is 0 Å². The van der Waals surface area contributed by atoms with Crippen LogP contribution in [0.5, 0.6) is 0 Å². The van der Waals surface area contributed by atoms with Gasteiger partial charge in [-0.2, -0.15) is 26.3 Å². The normalized spacial score (nSPS) is 26.2. The van der Waals surface area contributed by atoms with E-state index < -0.39 is 71.9 Å². The van der Waals surface area contributed by atoms with E-state index in [0.29, 0.717) is 11.7 Å². The number of nitrogens with two attached hydrogens (primary N) is 1. The summed E-state index contributed by atoms with van der Waals surface area (Å²) in [5.74, 6) is -3.55. The van der Waals surface area contributed by atoms with Crippen molar-refractivity contribution in [2.75, 3.05) is 6.54 Å². The van der Waals surface area contributed by atoms with Crippen LogP contribution >= 0.6 is 24.2 Å². The van der Waals surface area contributed by atoms with Gasteiger partial charge in [0.2, 0.25) is 0 Å². The van der Waals surface area contributed by atoms with E-state index in [1.54, 1.807) is 6.21 Å². The quantitative estimate of drug-likeness (QED) is 0.321. The summed E-state index contributed by atoms with van der Waals surface area (Å²) >= 11 is 1.25. The van der Waals surface area contributed by atoms with Crippen LogP contribution in [0.3, 0.4) is 0 Å². The molecule has 2 aromatic rings. The Balaban J connectivity index is 0.00000405. The molecule has 226 valence electrons. The van der Waals surface area contributed by atoms with Gasteiger partial charge in [0.1, 0.15) is 18.8 Å². The third kappa shape index (κ3) is 6.60. The number of hydrogen-bond donors (Lipinski definition) is 1. The third-order valence-corrected chi connectivity index (χ3v) is 8.55. The zero-order chi connectivity index (χ0) is 29.6. The van der Waals surface area contributed by atoms with Crippen LogP contribution < -0.4 is 5.73 Å². The first kappa shape index (κ1) is 31.8. The average Bonchev–Trinajstić information content (AvgIpc) is 3.34. The molecule has 2 N–H and O–H groups in total. The largest absolute Gasteiger partial charge is 0.461 e. The summed E-state index contributed by atoms with van der Waals surface area (Å²) in [6.07, 6.45) is -7.43. The van der Waals surface area contributed by atoms with E-state index in [1.807, 2.05) is 0 Å². The molecule has 1 aliphatic heterocycles. The molecule has 0 unspecified atom stereocenters. The van der Waals surface area contributed by atoms with E-state index in [0.717, 1.165) is 24.3 Å². The van der Waals surface area contributed by atoms with Crippen molar-refractivity contribution in [1.82, 2.24) is 0 Å². The Morgan fingerprint density at radius 3 is 2.05 bits per heavy atom. The predicted molar refractivity (Wildman–Crippen MR) is 144 cm³/mol. The minimum absolute atomic E-state index is 0. The summed E-state index contributed by atoms with van der Waals surface area (Å²) in [6.45, 7) is -0.484. The number of carbonyl (C=O) groups excluding carboxylic acids is 2. The number of fused-ring (bicyclic) bond motifs is 1. The second kappa shape index (κ2) is 11.9. The van der Waals surface area contributed by atoms with Crippen molar-refractivity contribution in [2.45, 2.75) is 42.8 Å². The van der Waals surface area contributed by atoms with Crippen molar-refractivity contribution in [3.8, 4) is 0 Å². The van der Waals surface area contributed by atoms with Gasteiger partial charge in [0.25, 0.3) is 0 Å². The summed E-state index contributed by atoms with van der Waals surface area (Å²) in [5, 5.41) is 0.0875. The molecule has 0 aromatic heterocycles. The first-order chi connectivity index (χ1) is 19.3. The van der Waals surface area contributed by atoms with Gasteiger partial charge < -0.3 is 15.2 Å². The number of amidine groups is 1. The molecular weight excluding hydrogens is 612 g/mol. The van der Waals surface area contributed by atoms with E-state index >= 15 is 0 Å². The number of benzene rings is 2. The Morgan fingerprint density at radius 2 is 1.52 bits per heavy atom. The topological polar surface area (TPSA) is 103 Å². The molecule has 0 radical (unpaired) electrons. The highest BCUT2D eigenvalue weighted by atomic mass is 35.5. The molecule has 0 amide bonds. The summed E-state index contributed by atoms with van der Waals surface area (Å²) in [6, 6.07) is 8.73. The maximum Gasteiger partial charge on any atom is 0.416 e. The van der Waals surface area contributed by atoms with Gasteiger partial charge >= 0.3 is 24.3 Å². The molecule has 3 aliphatic rings. The van der Waals surface area contributed by atoms with Crippen LogP contribution in [0.4, 0.5) is 26.3 Å². The Hall–Kier alpha value is -3.10. The van der Waals surface area contributed by atoms with E-state index in [-0.39, 0.29) is 35.2 Å². The SMILES string of the molecule is Cl.N[C@@]1(C(=O)OCc2cccc(C(F)(F)F)c2)C[C@H](SC2=NCC=N2)[C@H]2[C@H](C(=O)OCc3cccc(C(F)(F)F)c3)[C@H]21. The third-order valence-electron chi connectivity index (χ3n) is 7.32. The summed E-state index contributed by atoms with van der Waals surface area (Å²) in [4.78, 5) is 34.7. The lowest BCUT2D eigenvalue weighted by Gasteiger charge is -2.27. The van der Waals surface area contributed by atoms with Crippen molar-refractivity contribution in [3.05, 3.63) is 70.8 Å². The fraction of sp³-hybridized carbons (Fsp3) is 0.407. The monoisotopic (exact) mass is 635 g/mol. The number of ether oxygens (including phenoxy) is 2. The number of aliphatic imine (C=N–C) groups is 2. The second-order valence-corrected chi connectivity index (χ2v) is 11.3. The lowest BCUT2D eigenvalue weighted by Crippen LogP contribution is -2.51. The molecule has 5 atom stereocenters. The lowest BCUT2D eigenvalue weighted by atomic mass is 9.91. The number of nitrogens with zero attached hydrogens (tertiary/aromatic N) is 2. The Bertz CT molecular complexity index is 1420. The molecule has 0 saturated heterocycles. The molecule has 0 spiro atoms. The highest BCUT2D eigenvalue weighted by Crippen LogP contribution is 2.65. The first-order valence-corrected chi connectivity index (χ1v) is 13.3. The Morgan fingerprint density at radius 1 is 0.952 bits per heavy atom. The van der Waals surface area contributed by atoms with Gasteiger partial charge in [0, 0.05) is 17.4 Å². The van der Waals surface area contributed by atoms with Gasteiger partial charge in [-0.15, -0.1) is 12.4 Å². The van der Waals surface area contributed by atoms with Gasteiger partial charge in [0.05, 0.1) is 23.6 Å². The van der Waals surface area contributed by atoms with E-state index in [1.165, 1.54) is 36.0 Å². The van der Waals surface area contributed by atoms with Gasteiger partial charge in [-0.25, -0.2) is 4.99 Å². The summed E-state index contributed by atoms with van der Waals surface area (Å²) in [5.41, 5.74) is 3.37. The average molecular weight is 636 g/mol. The minimum atomic E-state index is -4.57. The van der Waals surface area contributed by atoms with Crippen molar-refractivity contribution in [3.63, 3.8) is 0 Å². The molecule has 42 heavy (non-hydrogen) atoms. The molecule has 1 heterocycles. The fourth-order valence-corrected chi connectivity index (χ4v) is 6.81. The van der Waals surface area contributed by atoms with Gasteiger partial charge in [-0.3, -0.25) is 14.6 Å². The van der Waals surface area contributed by atoms with Crippen molar-refractivity contribution < 1.29 is 45.4 Å².